The minimum Gasteiger partial charge on any atom is -0.486 e. The van der Waals surface area contributed by atoms with Crippen molar-refractivity contribution in [2.45, 2.75) is 51.4 Å². The molecule has 2 aromatic rings. The van der Waals surface area contributed by atoms with Crippen molar-refractivity contribution >= 4 is 11.6 Å². The molecule has 1 spiro atoms. The lowest BCUT2D eigenvalue weighted by molar-refractivity contribution is -0.174. The van der Waals surface area contributed by atoms with Crippen LogP contribution in [0.3, 0.4) is 0 Å². The molecule has 3 aliphatic rings. The van der Waals surface area contributed by atoms with Gasteiger partial charge in [-0.3, -0.25) is 4.90 Å². The van der Waals surface area contributed by atoms with Gasteiger partial charge in [0.25, 0.3) is 0 Å². The molecule has 0 amide bonds. The summed E-state index contributed by atoms with van der Waals surface area (Å²) in [6.07, 6.45) is 7.43. The zero-order chi connectivity index (χ0) is 20.2. The van der Waals surface area contributed by atoms with E-state index in [0.717, 1.165) is 44.0 Å². The summed E-state index contributed by atoms with van der Waals surface area (Å²) in [7, 11) is 2.07. The van der Waals surface area contributed by atoms with Crippen LogP contribution in [-0.2, 0) is 18.3 Å². The summed E-state index contributed by atoms with van der Waals surface area (Å²) in [5, 5.41) is 0.682. The highest BCUT2D eigenvalue weighted by Gasteiger charge is 2.53. The molecule has 4 heterocycles. The second-order valence-electron chi connectivity index (χ2n) is 9.68. The second kappa shape index (κ2) is 7.00. The first-order valence-electron chi connectivity index (χ1n) is 10.6. The number of likely N-dealkylation sites (tertiary alicyclic amines) is 1. The number of nitrogens with zero attached hydrogens (tertiary/aromatic N) is 3. The van der Waals surface area contributed by atoms with E-state index >= 15 is 0 Å². The lowest BCUT2D eigenvalue weighted by Gasteiger charge is -2.54. The van der Waals surface area contributed by atoms with Crippen LogP contribution in [0.1, 0.15) is 50.5 Å². The van der Waals surface area contributed by atoms with E-state index in [4.69, 9.17) is 21.1 Å². The highest BCUT2D eigenvalue weighted by atomic mass is 35.5. The van der Waals surface area contributed by atoms with Gasteiger partial charge in [0.2, 0.25) is 0 Å². The number of piperidine rings is 1. The number of hydrogen-bond donors (Lipinski definition) is 0. The first-order chi connectivity index (χ1) is 13.9. The monoisotopic (exact) mass is 415 g/mol. The van der Waals surface area contributed by atoms with Gasteiger partial charge in [-0.2, -0.15) is 0 Å². The molecule has 0 N–H and O–H groups in total. The van der Waals surface area contributed by atoms with Crippen LogP contribution in [0.25, 0.3) is 0 Å². The Balaban J connectivity index is 1.31. The van der Waals surface area contributed by atoms with E-state index in [1.54, 1.807) is 0 Å². The third kappa shape index (κ3) is 3.37. The van der Waals surface area contributed by atoms with E-state index in [1.165, 1.54) is 18.5 Å². The summed E-state index contributed by atoms with van der Waals surface area (Å²) in [6, 6.07) is 6.02. The first kappa shape index (κ1) is 19.4. The molecule has 1 aromatic heterocycles. The molecule has 2 saturated heterocycles. The smallest absolute Gasteiger partial charge is 0.144 e. The fraction of sp³-hybridized carbons (Fsp3) is 0.609. The molecule has 0 radical (unpaired) electrons. The van der Waals surface area contributed by atoms with Gasteiger partial charge in [-0.1, -0.05) is 23.7 Å². The summed E-state index contributed by atoms with van der Waals surface area (Å²) < 4.78 is 15.1. The number of para-hydroxylation sites is 1. The molecule has 0 bridgehead atoms. The van der Waals surface area contributed by atoms with E-state index in [0.29, 0.717) is 10.9 Å². The average Bonchev–Trinajstić information content (AvgIpc) is 3.10. The Morgan fingerprint density at radius 3 is 2.76 bits per heavy atom. The number of rotatable bonds is 2. The number of imidazole rings is 1. The molecule has 0 aliphatic carbocycles. The molecule has 6 heteroatoms. The fourth-order valence-corrected chi connectivity index (χ4v) is 5.65. The summed E-state index contributed by atoms with van der Waals surface area (Å²) in [5.41, 5.74) is 2.35. The average molecular weight is 416 g/mol. The van der Waals surface area contributed by atoms with Crippen molar-refractivity contribution in [1.29, 1.82) is 0 Å². The third-order valence-electron chi connectivity index (χ3n) is 7.37. The normalized spacial score (nSPS) is 27.9. The Morgan fingerprint density at radius 1 is 1.24 bits per heavy atom. The van der Waals surface area contributed by atoms with Crippen molar-refractivity contribution in [2.75, 3.05) is 19.7 Å². The van der Waals surface area contributed by atoms with Crippen LogP contribution in [0, 0.1) is 11.3 Å². The van der Waals surface area contributed by atoms with Crippen LogP contribution in [0.2, 0.25) is 5.02 Å². The Morgan fingerprint density at radius 2 is 2.03 bits per heavy atom. The maximum atomic E-state index is 6.58. The zero-order valence-electron chi connectivity index (χ0n) is 17.5. The minimum atomic E-state index is -0.290. The van der Waals surface area contributed by atoms with Crippen LogP contribution in [-0.4, -0.2) is 39.7 Å². The van der Waals surface area contributed by atoms with Crippen LogP contribution in [0.15, 0.2) is 30.7 Å². The maximum Gasteiger partial charge on any atom is 0.144 e. The quantitative estimate of drug-likeness (QED) is 0.718. The predicted octanol–water partition coefficient (Wildman–Crippen LogP) is 4.60. The van der Waals surface area contributed by atoms with Crippen molar-refractivity contribution in [3.8, 4) is 5.75 Å². The van der Waals surface area contributed by atoms with Gasteiger partial charge in [0.05, 0.1) is 29.8 Å². The molecule has 29 heavy (non-hydrogen) atoms. The fourth-order valence-electron chi connectivity index (χ4n) is 5.43. The molecule has 2 atom stereocenters. The number of aromatic nitrogens is 2. The SMILES string of the molecule is Cn1cncc1CN1CCC2(CC1)CO[C@@H]1c3cccc(Cl)c3OC(C)(C)[C@H]1C2. The van der Waals surface area contributed by atoms with Gasteiger partial charge in [-0.15, -0.1) is 0 Å². The highest BCUT2D eigenvalue weighted by Crippen LogP contribution is 2.56. The van der Waals surface area contributed by atoms with E-state index in [9.17, 15) is 0 Å². The van der Waals surface area contributed by atoms with Crippen LogP contribution < -0.4 is 4.74 Å². The second-order valence-corrected chi connectivity index (χ2v) is 10.1. The van der Waals surface area contributed by atoms with Gasteiger partial charge in [-0.25, -0.2) is 4.98 Å². The Kier molecular flexibility index (Phi) is 4.68. The Hall–Kier alpha value is -1.56. The minimum absolute atomic E-state index is 0.0746. The maximum absolute atomic E-state index is 6.58. The van der Waals surface area contributed by atoms with E-state index in [2.05, 4.69) is 41.4 Å². The van der Waals surface area contributed by atoms with Gasteiger partial charge in [-0.05, 0) is 57.7 Å². The number of halogens is 1. The van der Waals surface area contributed by atoms with Crippen LogP contribution in [0.5, 0.6) is 5.75 Å². The molecule has 0 saturated carbocycles. The first-order valence-corrected chi connectivity index (χ1v) is 11.0. The zero-order valence-corrected chi connectivity index (χ0v) is 18.3. The van der Waals surface area contributed by atoms with Crippen molar-refractivity contribution in [1.82, 2.24) is 14.5 Å². The number of aryl methyl sites for hydroxylation is 1. The summed E-state index contributed by atoms with van der Waals surface area (Å²) in [4.78, 5) is 6.80. The van der Waals surface area contributed by atoms with Crippen molar-refractivity contribution < 1.29 is 9.47 Å². The number of fused-ring (bicyclic) bond motifs is 3. The van der Waals surface area contributed by atoms with Crippen molar-refractivity contribution in [2.24, 2.45) is 18.4 Å². The Bertz CT molecular complexity index is 901. The summed E-state index contributed by atoms with van der Waals surface area (Å²) >= 11 is 6.44. The topological polar surface area (TPSA) is 39.5 Å². The van der Waals surface area contributed by atoms with Gasteiger partial charge >= 0.3 is 0 Å². The number of ether oxygens (including phenoxy) is 2. The predicted molar refractivity (Wildman–Crippen MR) is 113 cm³/mol. The molecular formula is C23H30ClN3O2. The van der Waals surface area contributed by atoms with Crippen molar-refractivity contribution in [3.63, 3.8) is 0 Å². The highest BCUT2D eigenvalue weighted by molar-refractivity contribution is 6.32. The molecule has 5 nitrogen and oxygen atoms in total. The van der Waals surface area contributed by atoms with E-state index < -0.39 is 0 Å². The van der Waals surface area contributed by atoms with E-state index in [-0.39, 0.29) is 17.1 Å². The molecule has 0 unspecified atom stereocenters. The summed E-state index contributed by atoms with van der Waals surface area (Å²) in [5.74, 6) is 1.15. The molecular weight excluding hydrogens is 386 g/mol. The van der Waals surface area contributed by atoms with Gasteiger partial charge < -0.3 is 14.0 Å². The van der Waals surface area contributed by atoms with Crippen LogP contribution in [0.4, 0.5) is 0 Å². The molecule has 156 valence electrons. The van der Waals surface area contributed by atoms with E-state index in [1.807, 2.05) is 24.7 Å². The Labute approximate surface area is 178 Å². The lowest BCUT2D eigenvalue weighted by Crippen LogP contribution is -2.54. The third-order valence-corrected chi connectivity index (χ3v) is 7.67. The van der Waals surface area contributed by atoms with Crippen LogP contribution >= 0.6 is 11.6 Å². The van der Waals surface area contributed by atoms with Crippen molar-refractivity contribution in [3.05, 3.63) is 47.0 Å². The number of hydrogen-bond acceptors (Lipinski definition) is 4. The molecule has 2 fully saturated rings. The van der Waals surface area contributed by atoms with Gasteiger partial charge in [0, 0.05) is 31.3 Å². The molecule has 1 aromatic carbocycles. The summed E-state index contributed by atoms with van der Waals surface area (Å²) in [6.45, 7) is 8.40. The molecule has 5 rings (SSSR count). The largest absolute Gasteiger partial charge is 0.486 e. The van der Waals surface area contributed by atoms with Gasteiger partial charge in [0.15, 0.2) is 0 Å². The van der Waals surface area contributed by atoms with Gasteiger partial charge in [0.1, 0.15) is 11.4 Å². The lowest BCUT2D eigenvalue weighted by atomic mass is 9.64. The standard InChI is InChI=1S/C23H30ClN3O2/c1-22(2)18-11-23(7-9-27(10-8-23)13-16-12-25-15-26(16)3)14-28-20(18)17-5-4-6-19(24)21(17)29-22/h4-6,12,15,18,20H,7-11,13-14H2,1-3H3/t18-,20+/m0/s1. The molecule has 3 aliphatic heterocycles. The number of benzene rings is 1.